The van der Waals surface area contributed by atoms with Gasteiger partial charge in [-0.2, -0.15) is 0 Å². The van der Waals surface area contributed by atoms with Gasteiger partial charge < -0.3 is 10.2 Å². The van der Waals surface area contributed by atoms with Crippen LogP contribution in [0.3, 0.4) is 0 Å². The summed E-state index contributed by atoms with van der Waals surface area (Å²) in [6.07, 6.45) is 0.251. The van der Waals surface area contributed by atoms with E-state index in [0.29, 0.717) is 10.7 Å². The number of nitrogens with zero attached hydrogens (tertiary/aromatic N) is 1. The molecular formula is C21H19ClN2O2. The molecule has 0 atom stereocenters. The Morgan fingerprint density at radius 3 is 2.42 bits per heavy atom. The summed E-state index contributed by atoms with van der Waals surface area (Å²) in [6, 6.07) is 21.0. The zero-order valence-corrected chi connectivity index (χ0v) is 15.2. The van der Waals surface area contributed by atoms with Gasteiger partial charge in [0.05, 0.1) is 23.7 Å². The van der Waals surface area contributed by atoms with Crippen LogP contribution in [0.2, 0.25) is 5.02 Å². The molecule has 0 aliphatic heterocycles. The van der Waals surface area contributed by atoms with Crippen LogP contribution in [0.4, 0.5) is 5.69 Å². The van der Waals surface area contributed by atoms with Gasteiger partial charge in [-0.3, -0.25) is 9.59 Å². The fourth-order valence-electron chi connectivity index (χ4n) is 2.71. The molecule has 0 aromatic heterocycles. The highest BCUT2D eigenvalue weighted by Gasteiger charge is 2.14. The Hall–Kier alpha value is -2.85. The van der Waals surface area contributed by atoms with E-state index < -0.39 is 0 Å². The highest BCUT2D eigenvalue weighted by molar-refractivity contribution is 6.33. The number of para-hydroxylation sites is 1. The summed E-state index contributed by atoms with van der Waals surface area (Å²) in [4.78, 5) is 26.0. The number of halogens is 1. The highest BCUT2D eigenvalue weighted by atomic mass is 35.5. The van der Waals surface area contributed by atoms with Crippen molar-refractivity contribution in [2.24, 2.45) is 0 Å². The zero-order chi connectivity index (χ0) is 18.5. The number of carbonyl (C=O) groups excluding carboxylic acids is 2. The second-order valence-electron chi connectivity index (χ2n) is 6.14. The van der Waals surface area contributed by atoms with Crippen LogP contribution in [0.1, 0.15) is 5.56 Å². The molecule has 2 amide bonds. The lowest BCUT2D eigenvalue weighted by Gasteiger charge is -2.17. The van der Waals surface area contributed by atoms with Crippen LogP contribution in [-0.2, 0) is 16.0 Å². The molecule has 132 valence electrons. The van der Waals surface area contributed by atoms with Gasteiger partial charge in [-0.15, -0.1) is 0 Å². The summed E-state index contributed by atoms with van der Waals surface area (Å²) in [5.74, 6) is -0.401. The minimum absolute atomic E-state index is 0.0301. The Morgan fingerprint density at radius 2 is 1.65 bits per heavy atom. The Morgan fingerprint density at radius 1 is 0.962 bits per heavy atom. The average molecular weight is 367 g/mol. The van der Waals surface area contributed by atoms with Gasteiger partial charge in [-0.05, 0) is 28.5 Å². The summed E-state index contributed by atoms with van der Waals surface area (Å²) in [6.45, 7) is -0.0301. The summed E-state index contributed by atoms with van der Waals surface area (Å²) in [5, 5.41) is 5.41. The van der Waals surface area contributed by atoms with Gasteiger partial charge in [0, 0.05) is 7.05 Å². The number of likely N-dealkylation sites (N-methyl/N-ethyl adjacent to an activating group) is 1. The lowest BCUT2D eigenvalue weighted by molar-refractivity contribution is -0.132. The first kappa shape index (κ1) is 18.0. The van der Waals surface area contributed by atoms with Crippen molar-refractivity contribution in [1.29, 1.82) is 0 Å². The molecule has 1 N–H and O–H groups in total. The van der Waals surface area contributed by atoms with E-state index in [1.165, 1.54) is 4.90 Å². The predicted octanol–water partition coefficient (Wildman–Crippen LogP) is 4.13. The van der Waals surface area contributed by atoms with Crippen molar-refractivity contribution >= 4 is 39.9 Å². The molecular weight excluding hydrogens is 348 g/mol. The number of nitrogens with one attached hydrogen (secondary N) is 1. The minimum Gasteiger partial charge on any atom is -0.336 e. The molecule has 0 heterocycles. The maximum atomic E-state index is 12.4. The predicted molar refractivity (Wildman–Crippen MR) is 105 cm³/mol. The largest absolute Gasteiger partial charge is 0.336 e. The van der Waals surface area contributed by atoms with Gasteiger partial charge in [-0.1, -0.05) is 66.2 Å². The topological polar surface area (TPSA) is 49.4 Å². The SMILES string of the molecule is CN(CC(=O)Nc1ccccc1Cl)C(=O)Cc1ccc2ccccc2c1. The first-order valence-electron chi connectivity index (χ1n) is 8.29. The average Bonchev–Trinajstić information content (AvgIpc) is 2.63. The van der Waals surface area contributed by atoms with Crippen molar-refractivity contribution in [3.63, 3.8) is 0 Å². The Kier molecular flexibility index (Phi) is 5.54. The van der Waals surface area contributed by atoms with E-state index in [-0.39, 0.29) is 24.8 Å². The molecule has 3 aromatic carbocycles. The number of fused-ring (bicyclic) bond motifs is 1. The van der Waals surface area contributed by atoms with Crippen LogP contribution in [0, 0.1) is 0 Å². The maximum absolute atomic E-state index is 12.4. The molecule has 5 heteroatoms. The fourth-order valence-corrected chi connectivity index (χ4v) is 2.90. The Balaban J connectivity index is 1.60. The molecule has 4 nitrogen and oxygen atoms in total. The summed E-state index contributed by atoms with van der Waals surface area (Å²) in [7, 11) is 1.62. The smallest absolute Gasteiger partial charge is 0.244 e. The lowest BCUT2D eigenvalue weighted by Crippen LogP contribution is -2.35. The Labute approximate surface area is 157 Å². The number of carbonyl (C=O) groups is 2. The third-order valence-electron chi connectivity index (χ3n) is 4.12. The van der Waals surface area contributed by atoms with Crippen LogP contribution in [-0.4, -0.2) is 30.3 Å². The van der Waals surface area contributed by atoms with Crippen molar-refractivity contribution in [2.75, 3.05) is 18.9 Å². The molecule has 3 rings (SSSR count). The van der Waals surface area contributed by atoms with Crippen LogP contribution >= 0.6 is 11.6 Å². The summed E-state index contributed by atoms with van der Waals surface area (Å²) < 4.78 is 0. The third-order valence-corrected chi connectivity index (χ3v) is 4.45. The second kappa shape index (κ2) is 8.02. The first-order chi connectivity index (χ1) is 12.5. The molecule has 0 fully saturated rings. The second-order valence-corrected chi connectivity index (χ2v) is 6.54. The zero-order valence-electron chi connectivity index (χ0n) is 14.4. The summed E-state index contributed by atoms with van der Waals surface area (Å²) in [5.41, 5.74) is 1.46. The molecule has 0 aliphatic rings. The normalized spacial score (nSPS) is 10.5. The molecule has 0 unspecified atom stereocenters. The fraction of sp³-hybridized carbons (Fsp3) is 0.143. The standard InChI is InChI=1S/C21H19ClN2O2/c1-24(14-20(25)23-19-9-5-4-8-18(19)22)21(26)13-15-10-11-16-6-2-3-7-17(16)12-15/h2-12H,13-14H2,1H3,(H,23,25). The number of rotatable bonds is 5. The van der Waals surface area contributed by atoms with E-state index in [1.54, 1.807) is 31.3 Å². The Bertz CT molecular complexity index is 955. The van der Waals surface area contributed by atoms with Gasteiger partial charge in [0.2, 0.25) is 11.8 Å². The van der Waals surface area contributed by atoms with E-state index in [9.17, 15) is 9.59 Å². The molecule has 0 spiro atoms. The molecule has 3 aromatic rings. The third kappa shape index (κ3) is 4.41. The summed E-state index contributed by atoms with van der Waals surface area (Å²) >= 11 is 6.03. The molecule has 0 saturated heterocycles. The van der Waals surface area contributed by atoms with E-state index in [2.05, 4.69) is 5.32 Å². The van der Waals surface area contributed by atoms with E-state index in [0.717, 1.165) is 16.3 Å². The van der Waals surface area contributed by atoms with Crippen LogP contribution in [0.5, 0.6) is 0 Å². The molecule has 0 radical (unpaired) electrons. The van der Waals surface area contributed by atoms with Gasteiger partial charge in [0.15, 0.2) is 0 Å². The monoisotopic (exact) mass is 366 g/mol. The number of anilines is 1. The van der Waals surface area contributed by atoms with Crippen LogP contribution in [0.25, 0.3) is 10.8 Å². The van der Waals surface area contributed by atoms with E-state index in [1.807, 2.05) is 42.5 Å². The van der Waals surface area contributed by atoms with Gasteiger partial charge >= 0.3 is 0 Å². The number of hydrogen-bond acceptors (Lipinski definition) is 2. The lowest BCUT2D eigenvalue weighted by atomic mass is 10.0. The van der Waals surface area contributed by atoms with Crippen molar-refractivity contribution in [1.82, 2.24) is 4.90 Å². The van der Waals surface area contributed by atoms with Crippen molar-refractivity contribution < 1.29 is 9.59 Å². The maximum Gasteiger partial charge on any atom is 0.244 e. The van der Waals surface area contributed by atoms with Crippen molar-refractivity contribution in [3.8, 4) is 0 Å². The minimum atomic E-state index is -0.285. The van der Waals surface area contributed by atoms with Gasteiger partial charge in [0.1, 0.15) is 0 Å². The quantitative estimate of drug-likeness (QED) is 0.738. The van der Waals surface area contributed by atoms with Crippen LogP contribution < -0.4 is 5.32 Å². The highest BCUT2D eigenvalue weighted by Crippen LogP contribution is 2.20. The van der Waals surface area contributed by atoms with E-state index >= 15 is 0 Å². The van der Waals surface area contributed by atoms with Crippen LogP contribution in [0.15, 0.2) is 66.7 Å². The molecule has 0 saturated carbocycles. The van der Waals surface area contributed by atoms with Gasteiger partial charge in [0.25, 0.3) is 0 Å². The number of benzene rings is 3. The van der Waals surface area contributed by atoms with Gasteiger partial charge in [-0.25, -0.2) is 0 Å². The number of hydrogen-bond donors (Lipinski definition) is 1. The molecule has 0 bridgehead atoms. The van der Waals surface area contributed by atoms with Crippen molar-refractivity contribution in [3.05, 3.63) is 77.3 Å². The molecule has 26 heavy (non-hydrogen) atoms. The van der Waals surface area contributed by atoms with Crippen molar-refractivity contribution in [2.45, 2.75) is 6.42 Å². The van der Waals surface area contributed by atoms with E-state index in [4.69, 9.17) is 11.6 Å². The first-order valence-corrected chi connectivity index (χ1v) is 8.67. The number of amides is 2. The molecule has 0 aliphatic carbocycles.